The molecule has 1 aliphatic carbocycles. The Bertz CT molecular complexity index is 891. The van der Waals surface area contributed by atoms with Gasteiger partial charge in [0.15, 0.2) is 0 Å². The number of rotatable bonds is 8. The molecule has 0 bridgehead atoms. The zero-order valence-corrected chi connectivity index (χ0v) is 19.7. The van der Waals surface area contributed by atoms with Crippen molar-refractivity contribution >= 4 is 17.5 Å². The number of hydrogen-bond acceptors (Lipinski definition) is 3. The Labute approximate surface area is 191 Å². The van der Waals surface area contributed by atoms with Crippen LogP contribution in [0, 0.1) is 6.92 Å². The molecule has 0 aromatic heterocycles. The van der Waals surface area contributed by atoms with Crippen molar-refractivity contribution in [2.24, 2.45) is 0 Å². The molecule has 3 rings (SSSR count). The summed E-state index contributed by atoms with van der Waals surface area (Å²) in [4.78, 5) is 14.9. The molecule has 1 amide bonds. The quantitative estimate of drug-likeness (QED) is 0.598. The van der Waals surface area contributed by atoms with Gasteiger partial charge in [0.25, 0.3) is 5.91 Å². The van der Waals surface area contributed by atoms with Gasteiger partial charge in [-0.2, -0.15) is 0 Å². The topological polar surface area (TPSA) is 52.6 Å². The predicted octanol–water partition coefficient (Wildman–Crippen LogP) is 5.09. The molecule has 5 heteroatoms. The van der Waals surface area contributed by atoms with Gasteiger partial charge in [-0.1, -0.05) is 29.8 Å². The standard InChI is InChI=1S/C26H35ClN2O2/c1-18-15-21(9-13-25(18)27)26(31)29(3)23-10-7-20(8-11-23)24-12-6-19(5-4-14-30)16-22(24)17-28-2/h6,9,12-13,15-16,20,23,28,30H,4-5,7-8,10-11,14,17H2,1-3H3/t20-,23-. The maximum absolute atomic E-state index is 13.0. The molecular formula is C26H35ClN2O2. The van der Waals surface area contributed by atoms with Crippen LogP contribution in [0.25, 0.3) is 0 Å². The van der Waals surface area contributed by atoms with E-state index >= 15 is 0 Å². The van der Waals surface area contributed by atoms with Crippen LogP contribution in [0.2, 0.25) is 5.02 Å². The van der Waals surface area contributed by atoms with Crippen LogP contribution in [0.3, 0.4) is 0 Å². The molecule has 2 N–H and O–H groups in total. The number of benzene rings is 2. The molecule has 0 heterocycles. The fourth-order valence-electron chi connectivity index (χ4n) is 4.76. The molecule has 0 unspecified atom stereocenters. The average molecular weight is 443 g/mol. The first-order valence-electron chi connectivity index (χ1n) is 11.3. The Kier molecular flexibility index (Phi) is 8.53. The van der Waals surface area contributed by atoms with Crippen LogP contribution in [0.15, 0.2) is 36.4 Å². The van der Waals surface area contributed by atoms with Gasteiger partial charge < -0.3 is 15.3 Å². The van der Waals surface area contributed by atoms with Crippen LogP contribution < -0.4 is 5.32 Å². The molecule has 1 saturated carbocycles. The fourth-order valence-corrected chi connectivity index (χ4v) is 4.88. The van der Waals surface area contributed by atoms with Crippen LogP contribution in [0.4, 0.5) is 0 Å². The molecule has 2 aromatic carbocycles. The highest BCUT2D eigenvalue weighted by atomic mass is 35.5. The van der Waals surface area contributed by atoms with E-state index in [0.29, 0.717) is 16.5 Å². The highest BCUT2D eigenvalue weighted by Crippen LogP contribution is 2.37. The van der Waals surface area contributed by atoms with Crippen LogP contribution in [-0.4, -0.2) is 42.7 Å². The minimum Gasteiger partial charge on any atom is -0.396 e. The summed E-state index contributed by atoms with van der Waals surface area (Å²) in [6.45, 7) is 3.02. The monoisotopic (exact) mass is 442 g/mol. The third kappa shape index (κ3) is 5.88. The van der Waals surface area contributed by atoms with Gasteiger partial charge in [-0.25, -0.2) is 0 Å². The molecule has 2 aromatic rings. The van der Waals surface area contributed by atoms with E-state index in [9.17, 15) is 4.79 Å². The highest BCUT2D eigenvalue weighted by Gasteiger charge is 2.28. The largest absolute Gasteiger partial charge is 0.396 e. The lowest BCUT2D eigenvalue weighted by Crippen LogP contribution is -2.39. The summed E-state index contributed by atoms with van der Waals surface area (Å²) in [5, 5.41) is 13.1. The molecule has 0 spiro atoms. The summed E-state index contributed by atoms with van der Waals surface area (Å²) in [6, 6.07) is 12.6. The van der Waals surface area contributed by atoms with Gasteiger partial charge in [-0.15, -0.1) is 0 Å². The summed E-state index contributed by atoms with van der Waals surface area (Å²) < 4.78 is 0. The van der Waals surface area contributed by atoms with Crippen molar-refractivity contribution in [3.63, 3.8) is 0 Å². The zero-order chi connectivity index (χ0) is 22.4. The van der Waals surface area contributed by atoms with Crippen molar-refractivity contribution in [1.82, 2.24) is 10.2 Å². The number of nitrogens with one attached hydrogen (secondary N) is 1. The van der Waals surface area contributed by atoms with E-state index in [4.69, 9.17) is 16.7 Å². The molecule has 1 aliphatic rings. The van der Waals surface area contributed by atoms with Gasteiger partial charge in [0.2, 0.25) is 0 Å². The number of hydrogen-bond donors (Lipinski definition) is 2. The van der Waals surface area contributed by atoms with Crippen molar-refractivity contribution in [2.45, 2.75) is 64.0 Å². The lowest BCUT2D eigenvalue weighted by molar-refractivity contribution is 0.0689. The predicted molar refractivity (Wildman–Crippen MR) is 128 cm³/mol. The van der Waals surface area contributed by atoms with Crippen molar-refractivity contribution in [2.75, 3.05) is 20.7 Å². The Balaban J connectivity index is 1.65. The van der Waals surface area contributed by atoms with E-state index in [1.165, 1.54) is 16.7 Å². The van der Waals surface area contributed by atoms with E-state index in [1.54, 1.807) is 0 Å². The van der Waals surface area contributed by atoms with Gasteiger partial charge in [0, 0.05) is 36.8 Å². The summed E-state index contributed by atoms with van der Waals surface area (Å²) in [5.41, 5.74) is 5.73. The lowest BCUT2D eigenvalue weighted by atomic mass is 9.79. The van der Waals surface area contributed by atoms with Crippen molar-refractivity contribution in [3.05, 3.63) is 69.2 Å². The van der Waals surface area contributed by atoms with E-state index < -0.39 is 0 Å². The minimum absolute atomic E-state index is 0.0762. The maximum Gasteiger partial charge on any atom is 0.253 e. The highest BCUT2D eigenvalue weighted by molar-refractivity contribution is 6.31. The number of halogens is 1. The number of carbonyl (C=O) groups is 1. The second-order valence-corrected chi connectivity index (χ2v) is 9.18. The first-order chi connectivity index (χ1) is 14.9. The Morgan fingerprint density at radius 2 is 1.90 bits per heavy atom. The summed E-state index contributed by atoms with van der Waals surface area (Å²) in [7, 11) is 3.92. The third-order valence-corrected chi connectivity index (χ3v) is 7.03. The second kappa shape index (κ2) is 11.1. The summed E-state index contributed by atoms with van der Waals surface area (Å²) in [5.74, 6) is 0.611. The van der Waals surface area contributed by atoms with Crippen molar-refractivity contribution in [1.29, 1.82) is 0 Å². The number of amides is 1. The summed E-state index contributed by atoms with van der Waals surface area (Å²) in [6.07, 6.45) is 5.94. The van der Waals surface area contributed by atoms with Gasteiger partial charge >= 0.3 is 0 Å². The number of nitrogens with zero attached hydrogens (tertiary/aromatic N) is 1. The number of aliphatic hydroxyl groups excluding tert-OH is 1. The third-order valence-electron chi connectivity index (χ3n) is 6.61. The van der Waals surface area contributed by atoms with Gasteiger partial charge in [0.1, 0.15) is 0 Å². The molecule has 0 saturated heterocycles. The van der Waals surface area contributed by atoms with Gasteiger partial charge in [-0.3, -0.25) is 4.79 Å². The zero-order valence-electron chi connectivity index (χ0n) is 19.0. The minimum atomic E-state index is 0.0762. The Hall–Kier alpha value is -1.88. The van der Waals surface area contributed by atoms with Crippen molar-refractivity contribution < 1.29 is 9.90 Å². The normalized spacial score (nSPS) is 18.7. The van der Waals surface area contributed by atoms with Gasteiger partial charge in [-0.05, 0) is 98.9 Å². The Morgan fingerprint density at radius 1 is 1.16 bits per heavy atom. The number of aliphatic hydroxyl groups is 1. The van der Waals surface area contributed by atoms with E-state index in [1.807, 2.05) is 44.1 Å². The first-order valence-corrected chi connectivity index (χ1v) is 11.7. The van der Waals surface area contributed by atoms with Gasteiger partial charge in [0.05, 0.1) is 0 Å². The van der Waals surface area contributed by atoms with E-state index in [2.05, 4.69) is 23.5 Å². The van der Waals surface area contributed by atoms with E-state index in [-0.39, 0.29) is 18.6 Å². The number of aryl methyl sites for hydroxylation is 2. The first kappa shape index (κ1) is 23.8. The molecule has 0 atom stereocenters. The van der Waals surface area contributed by atoms with Crippen molar-refractivity contribution in [3.8, 4) is 0 Å². The van der Waals surface area contributed by atoms with Crippen LogP contribution in [-0.2, 0) is 13.0 Å². The second-order valence-electron chi connectivity index (χ2n) is 8.78. The SMILES string of the molecule is CNCc1cc(CCCO)ccc1[C@H]1CC[C@H](N(C)C(=O)c2ccc(Cl)c(C)c2)CC1. The van der Waals surface area contributed by atoms with Crippen LogP contribution in [0.1, 0.15) is 70.6 Å². The number of carbonyl (C=O) groups excluding carboxylic acids is 1. The molecule has 0 radical (unpaired) electrons. The molecule has 31 heavy (non-hydrogen) atoms. The Morgan fingerprint density at radius 3 is 2.55 bits per heavy atom. The van der Waals surface area contributed by atoms with E-state index in [0.717, 1.165) is 50.6 Å². The maximum atomic E-state index is 13.0. The molecular weight excluding hydrogens is 408 g/mol. The van der Waals surface area contributed by atoms with Crippen LogP contribution >= 0.6 is 11.6 Å². The average Bonchev–Trinajstić information content (AvgIpc) is 2.79. The molecule has 4 nitrogen and oxygen atoms in total. The van der Waals surface area contributed by atoms with Crippen LogP contribution in [0.5, 0.6) is 0 Å². The fraction of sp³-hybridized carbons (Fsp3) is 0.500. The smallest absolute Gasteiger partial charge is 0.253 e. The lowest BCUT2D eigenvalue weighted by Gasteiger charge is -2.35. The summed E-state index contributed by atoms with van der Waals surface area (Å²) >= 11 is 6.12. The molecule has 168 valence electrons. The molecule has 0 aliphatic heterocycles. The molecule has 1 fully saturated rings.